The van der Waals surface area contributed by atoms with Crippen LogP contribution in [0.1, 0.15) is 22.3 Å². The number of hydrogen-bond donors (Lipinski definition) is 0. The van der Waals surface area contributed by atoms with Crippen molar-refractivity contribution in [2.24, 2.45) is 0 Å². The topological polar surface area (TPSA) is 64.5 Å². The number of fused-ring (bicyclic) bond motifs is 4. The molecule has 1 aliphatic carbocycles. The first-order chi connectivity index (χ1) is 27.9. The van der Waals surface area contributed by atoms with Gasteiger partial charge in [0.05, 0.1) is 13.5 Å². The molecule has 5 nitrogen and oxygen atoms in total. The van der Waals surface area contributed by atoms with Crippen LogP contribution in [0.5, 0.6) is 0 Å². The van der Waals surface area contributed by atoms with Gasteiger partial charge in [0.25, 0.3) is 0 Å². The SMILES string of the molecule is C[Si](C)(C)c1ccc(-c2nc(-c3cccc(-c4ccc5c(c4)-c4ccccc4C5(c4ccccc4)c4ccccc4)c3)nc(-c3ccnc4ncccc34)n2)cc1. The highest BCUT2D eigenvalue weighted by molar-refractivity contribution is 6.88. The molecule has 0 saturated carbocycles. The molecule has 0 radical (unpaired) electrons. The van der Waals surface area contributed by atoms with Gasteiger partial charge in [-0.25, -0.2) is 24.9 Å². The zero-order valence-electron chi connectivity index (χ0n) is 32.1. The number of aromatic nitrogens is 5. The van der Waals surface area contributed by atoms with E-state index in [9.17, 15) is 0 Å². The van der Waals surface area contributed by atoms with Crippen LogP contribution in [0.2, 0.25) is 19.6 Å². The smallest absolute Gasteiger partial charge is 0.164 e. The Bertz CT molecular complexity index is 2890. The molecule has 0 N–H and O–H groups in total. The summed E-state index contributed by atoms with van der Waals surface area (Å²) in [5.74, 6) is 1.82. The molecule has 6 aromatic carbocycles. The molecule has 272 valence electrons. The fourth-order valence-electron chi connectivity index (χ4n) is 8.52. The van der Waals surface area contributed by atoms with Crippen LogP contribution in [0.15, 0.2) is 182 Å². The number of nitrogens with zero attached hydrogens (tertiary/aromatic N) is 5. The molecular weight excluding hydrogens is 711 g/mol. The van der Waals surface area contributed by atoms with Crippen LogP contribution >= 0.6 is 0 Å². The van der Waals surface area contributed by atoms with Crippen molar-refractivity contribution < 1.29 is 0 Å². The number of rotatable bonds is 7. The molecular formula is C51H39N5Si. The summed E-state index contributed by atoms with van der Waals surface area (Å²) in [5.41, 5.74) is 12.8. The van der Waals surface area contributed by atoms with E-state index in [1.54, 1.807) is 12.4 Å². The molecule has 3 heterocycles. The molecule has 0 amide bonds. The fraction of sp³-hybridized carbons (Fsp3) is 0.0784. The molecule has 0 atom stereocenters. The highest BCUT2D eigenvalue weighted by Crippen LogP contribution is 2.56. The van der Waals surface area contributed by atoms with Crippen molar-refractivity contribution in [3.63, 3.8) is 0 Å². The van der Waals surface area contributed by atoms with Gasteiger partial charge in [0, 0.05) is 34.5 Å². The third kappa shape index (κ3) is 5.88. The quantitative estimate of drug-likeness (QED) is 0.152. The van der Waals surface area contributed by atoms with Gasteiger partial charge < -0.3 is 0 Å². The summed E-state index contributed by atoms with van der Waals surface area (Å²) in [7, 11) is -1.49. The van der Waals surface area contributed by atoms with Crippen molar-refractivity contribution in [2.45, 2.75) is 25.1 Å². The molecule has 0 saturated heterocycles. The Hall–Kier alpha value is -6.89. The second-order valence-corrected chi connectivity index (χ2v) is 20.8. The van der Waals surface area contributed by atoms with Crippen molar-refractivity contribution in [3.05, 3.63) is 205 Å². The van der Waals surface area contributed by atoms with Crippen LogP contribution in [-0.4, -0.2) is 33.0 Å². The van der Waals surface area contributed by atoms with Crippen LogP contribution in [-0.2, 0) is 5.41 Å². The van der Waals surface area contributed by atoms with Gasteiger partial charge in [0.15, 0.2) is 23.1 Å². The van der Waals surface area contributed by atoms with Gasteiger partial charge >= 0.3 is 0 Å². The summed E-state index contributed by atoms with van der Waals surface area (Å²) < 4.78 is 0. The minimum absolute atomic E-state index is 0.438. The molecule has 9 aromatic rings. The average Bonchev–Trinajstić information content (AvgIpc) is 3.57. The van der Waals surface area contributed by atoms with E-state index in [1.807, 2.05) is 18.2 Å². The maximum absolute atomic E-state index is 5.14. The standard InChI is InChI=1S/C51H39N5Si/c1-57(2,3)40-26-23-34(24-27-40)47-54-48(56-50(55-47)43-29-31-53-49-42(43)21-13-30-52-49)37-15-12-14-35(32-37)36-25-28-46-44(33-36)41-20-10-11-22-45(41)51(46,38-16-6-4-7-17-38)39-18-8-5-9-19-39/h4-33H,1-3H3. The minimum atomic E-state index is -1.49. The maximum Gasteiger partial charge on any atom is 0.164 e. The van der Waals surface area contributed by atoms with Crippen molar-refractivity contribution in [1.29, 1.82) is 0 Å². The minimum Gasteiger partial charge on any atom is -0.237 e. The zero-order chi connectivity index (χ0) is 38.6. The Morgan fingerprint density at radius 2 is 1.00 bits per heavy atom. The molecule has 0 fully saturated rings. The summed E-state index contributed by atoms with van der Waals surface area (Å²) in [6, 6.07) is 60.9. The third-order valence-corrected chi connectivity index (χ3v) is 13.4. The van der Waals surface area contributed by atoms with E-state index in [0.29, 0.717) is 23.1 Å². The lowest BCUT2D eigenvalue weighted by Crippen LogP contribution is -2.37. The molecule has 0 unspecified atom stereocenters. The second kappa shape index (κ2) is 13.7. The first-order valence-electron chi connectivity index (χ1n) is 19.4. The number of pyridine rings is 2. The van der Waals surface area contributed by atoms with E-state index < -0.39 is 13.5 Å². The fourth-order valence-corrected chi connectivity index (χ4v) is 9.68. The Morgan fingerprint density at radius 3 is 1.74 bits per heavy atom. The maximum atomic E-state index is 5.14. The van der Waals surface area contributed by atoms with E-state index in [4.69, 9.17) is 15.0 Å². The molecule has 10 rings (SSSR count). The van der Waals surface area contributed by atoms with Crippen molar-refractivity contribution in [3.8, 4) is 56.4 Å². The van der Waals surface area contributed by atoms with Gasteiger partial charge in [-0.05, 0) is 74.8 Å². The van der Waals surface area contributed by atoms with Gasteiger partial charge in [-0.1, -0.05) is 164 Å². The van der Waals surface area contributed by atoms with Crippen LogP contribution in [0.3, 0.4) is 0 Å². The molecule has 0 spiro atoms. The number of benzene rings is 6. The van der Waals surface area contributed by atoms with E-state index >= 15 is 0 Å². The normalized spacial score (nSPS) is 13.0. The van der Waals surface area contributed by atoms with E-state index in [1.165, 1.54) is 38.6 Å². The van der Waals surface area contributed by atoms with Gasteiger partial charge in [-0.15, -0.1) is 0 Å². The average molecular weight is 750 g/mol. The monoisotopic (exact) mass is 749 g/mol. The number of hydrogen-bond acceptors (Lipinski definition) is 5. The lowest BCUT2D eigenvalue weighted by Gasteiger charge is -2.33. The summed E-state index contributed by atoms with van der Waals surface area (Å²) in [4.78, 5) is 24.4. The van der Waals surface area contributed by atoms with Gasteiger partial charge in [0.2, 0.25) is 0 Å². The Labute approximate surface area is 333 Å². The van der Waals surface area contributed by atoms with Gasteiger partial charge in [0.1, 0.15) is 0 Å². The zero-order valence-corrected chi connectivity index (χ0v) is 33.1. The van der Waals surface area contributed by atoms with E-state index in [2.05, 4.69) is 181 Å². The molecule has 57 heavy (non-hydrogen) atoms. The first-order valence-corrected chi connectivity index (χ1v) is 22.9. The van der Waals surface area contributed by atoms with E-state index in [-0.39, 0.29) is 0 Å². The molecule has 1 aliphatic rings. The molecule has 0 bridgehead atoms. The summed E-state index contributed by atoms with van der Waals surface area (Å²) in [5, 5.41) is 2.29. The Morgan fingerprint density at radius 1 is 0.404 bits per heavy atom. The van der Waals surface area contributed by atoms with Gasteiger partial charge in [-0.3, -0.25) is 0 Å². The Balaban J connectivity index is 1.12. The van der Waals surface area contributed by atoms with Crippen LogP contribution < -0.4 is 5.19 Å². The highest BCUT2D eigenvalue weighted by Gasteiger charge is 2.45. The predicted octanol–water partition coefficient (Wildman–Crippen LogP) is 11.4. The van der Waals surface area contributed by atoms with Crippen LogP contribution in [0.25, 0.3) is 67.5 Å². The second-order valence-electron chi connectivity index (χ2n) is 15.7. The largest absolute Gasteiger partial charge is 0.237 e. The lowest BCUT2D eigenvalue weighted by atomic mass is 9.67. The summed E-state index contributed by atoms with van der Waals surface area (Å²) in [6.45, 7) is 7.08. The van der Waals surface area contributed by atoms with Crippen LogP contribution in [0.4, 0.5) is 0 Å². The first kappa shape index (κ1) is 34.6. The lowest BCUT2D eigenvalue weighted by molar-refractivity contribution is 0.768. The van der Waals surface area contributed by atoms with Gasteiger partial charge in [-0.2, -0.15) is 0 Å². The third-order valence-electron chi connectivity index (χ3n) is 11.3. The van der Waals surface area contributed by atoms with Crippen molar-refractivity contribution in [2.75, 3.05) is 0 Å². The summed E-state index contributed by atoms with van der Waals surface area (Å²) >= 11 is 0. The molecule has 3 aromatic heterocycles. The molecule has 6 heteroatoms. The summed E-state index contributed by atoms with van der Waals surface area (Å²) in [6.07, 6.45) is 3.53. The predicted molar refractivity (Wildman–Crippen MR) is 235 cm³/mol. The van der Waals surface area contributed by atoms with E-state index in [0.717, 1.165) is 33.2 Å². The van der Waals surface area contributed by atoms with Crippen molar-refractivity contribution >= 4 is 24.3 Å². The molecule has 0 aliphatic heterocycles. The van der Waals surface area contributed by atoms with Crippen LogP contribution in [0, 0.1) is 0 Å². The van der Waals surface area contributed by atoms with Crippen molar-refractivity contribution in [1.82, 2.24) is 24.9 Å². The highest BCUT2D eigenvalue weighted by atomic mass is 28.3. The Kier molecular flexibility index (Phi) is 8.31.